The molecule has 0 amide bonds. The largest absolute Gasteiger partial charge is 0.481 e. The summed E-state index contributed by atoms with van der Waals surface area (Å²) in [5.74, 6) is 2.44. The highest BCUT2D eigenvalue weighted by Gasteiger charge is 2.71. The summed E-state index contributed by atoms with van der Waals surface area (Å²) in [6, 6.07) is 0. The summed E-state index contributed by atoms with van der Waals surface area (Å²) >= 11 is 0. The van der Waals surface area contributed by atoms with Gasteiger partial charge in [0.15, 0.2) is 0 Å². The summed E-state index contributed by atoms with van der Waals surface area (Å²) in [5.41, 5.74) is 0.140. The predicted octanol–water partition coefficient (Wildman–Crippen LogP) is 7.74. The van der Waals surface area contributed by atoms with Gasteiger partial charge in [0.1, 0.15) is 6.10 Å². The monoisotopic (exact) mass is 500 g/mol. The van der Waals surface area contributed by atoms with Gasteiger partial charge in [-0.15, -0.1) is 0 Å². The Bertz CT molecular complexity index is 925. The molecule has 1 N–H and O–H groups in total. The van der Waals surface area contributed by atoms with Gasteiger partial charge >= 0.3 is 11.9 Å². The Morgan fingerprint density at radius 2 is 1.47 bits per heavy atom. The molecule has 5 fully saturated rings. The van der Waals surface area contributed by atoms with Crippen LogP contribution in [0.5, 0.6) is 0 Å². The second-order valence-corrected chi connectivity index (χ2v) is 15.5. The summed E-state index contributed by atoms with van der Waals surface area (Å²) in [7, 11) is 0. The number of fused-ring (bicyclic) bond motifs is 7. The van der Waals surface area contributed by atoms with Crippen molar-refractivity contribution >= 4 is 11.9 Å². The van der Waals surface area contributed by atoms with Gasteiger partial charge in [0.25, 0.3) is 0 Å². The maximum absolute atomic E-state index is 12.9. The van der Waals surface area contributed by atoms with Gasteiger partial charge in [0.2, 0.25) is 0 Å². The zero-order valence-corrected chi connectivity index (χ0v) is 24.3. The Balaban J connectivity index is 1.52. The molecular formula is C32H52O4. The first-order valence-corrected chi connectivity index (χ1v) is 15.1. The summed E-state index contributed by atoms with van der Waals surface area (Å²) in [5, 5.41) is 10.6. The summed E-state index contributed by atoms with van der Waals surface area (Å²) in [6.45, 7) is 18.8. The Kier molecular flexibility index (Phi) is 6.06. The number of carbonyl (C=O) groups excluding carboxylic acids is 1. The molecule has 4 nitrogen and oxygen atoms in total. The van der Waals surface area contributed by atoms with E-state index in [1.165, 1.54) is 25.7 Å². The number of esters is 1. The molecule has 5 unspecified atom stereocenters. The van der Waals surface area contributed by atoms with Crippen molar-refractivity contribution in [3.8, 4) is 0 Å². The normalized spacial score (nSPS) is 53.7. The summed E-state index contributed by atoms with van der Waals surface area (Å²) in [4.78, 5) is 24.8. The molecule has 0 aromatic rings. The molecule has 0 bridgehead atoms. The van der Waals surface area contributed by atoms with Crippen molar-refractivity contribution in [1.82, 2.24) is 0 Å². The van der Waals surface area contributed by atoms with Crippen LogP contribution in [0.25, 0.3) is 0 Å². The smallest absolute Gasteiger partial charge is 0.309 e. The zero-order valence-electron chi connectivity index (χ0n) is 24.3. The number of ether oxygens (including phenoxy) is 1. The predicted molar refractivity (Wildman–Crippen MR) is 142 cm³/mol. The van der Waals surface area contributed by atoms with Crippen LogP contribution in [0.15, 0.2) is 0 Å². The lowest BCUT2D eigenvalue weighted by Gasteiger charge is -2.73. The van der Waals surface area contributed by atoms with Crippen LogP contribution in [0.3, 0.4) is 0 Å². The van der Waals surface area contributed by atoms with Gasteiger partial charge in [-0.3, -0.25) is 9.59 Å². The van der Waals surface area contributed by atoms with Crippen molar-refractivity contribution < 1.29 is 19.4 Å². The van der Waals surface area contributed by atoms with Crippen molar-refractivity contribution in [2.45, 2.75) is 126 Å². The first kappa shape index (κ1) is 26.5. The lowest BCUT2D eigenvalue weighted by Crippen LogP contribution is -2.68. The average Bonchev–Trinajstić information content (AvgIpc) is 2.78. The lowest BCUT2D eigenvalue weighted by molar-refractivity contribution is -0.259. The molecule has 5 rings (SSSR count). The molecule has 5 aliphatic rings. The SMILES string of the molecule is CC(=O)OC1CC[C@]2(C)[C@H]3CCC4C5C(C)[C@H](C)CCC5(C(=O)O)CC[C@@]4(C)[C@]3(C)CC[C@H]2C1(C)C. The number of aliphatic carboxylic acids is 1. The van der Waals surface area contributed by atoms with E-state index in [2.05, 4.69) is 48.5 Å². The van der Waals surface area contributed by atoms with E-state index < -0.39 is 11.4 Å². The quantitative estimate of drug-likeness (QED) is 0.394. The second kappa shape index (κ2) is 8.22. The highest BCUT2D eigenvalue weighted by atomic mass is 16.5. The minimum Gasteiger partial charge on any atom is -0.481 e. The van der Waals surface area contributed by atoms with Crippen molar-refractivity contribution in [2.24, 2.45) is 62.6 Å². The minimum absolute atomic E-state index is 0.0137. The molecule has 0 spiro atoms. The maximum Gasteiger partial charge on any atom is 0.309 e. The maximum atomic E-state index is 12.9. The van der Waals surface area contributed by atoms with E-state index in [0.717, 1.165) is 38.5 Å². The Morgan fingerprint density at radius 3 is 2.11 bits per heavy atom. The minimum atomic E-state index is -0.512. The van der Waals surface area contributed by atoms with E-state index in [0.29, 0.717) is 35.5 Å². The topological polar surface area (TPSA) is 63.6 Å². The Morgan fingerprint density at radius 1 is 0.778 bits per heavy atom. The van der Waals surface area contributed by atoms with Gasteiger partial charge in [0.05, 0.1) is 5.41 Å². The van der Waals surface area contributed by atoms with Crippen LogP contribution in [0, 0.1) is 62.6 Å². The van der Waals surface area contributed by atoms with Gasteiger partial charge in [-0.05, 0) is 116 Å². The first-order valence-electron chi connectivity index (χ1n) is 15.1. The number of carbonyl (C=O) groups is 2. The number of hydrogen-bond donors (Lipinski definition) is 1. The first-order chi connectivity index (χ1) is 16.6. The fraction of sp³-hybridized carbons (Fsp3) is 0.938. The van der Waals surface area contributed by atoms with Gasteiger partial charge in [-0.25, -0.2) is 0 Å². The van der Waals surface area contributed by atoms with Crippen LogP contribution in [0.2, 0.25) is 0 Å². The third-order valence-electron chi connectivity index (χ3n) is 14.3. The van der Waals surface area contributed by atoms with Gasteiger partial charge < -0.3 is 9.84 Å². The second-order valence-electron chi connectivity index (χ2n) is 15.5. The van der Waals surface area contributed by atoms with E-state index in [1.807, 2.05) is 0 Å². The van der Waals surface area contributed by atoms with Crippen molar-refractivity contribution in [1.29, 1.82) is 0 Å². The molecule has 0 heterocycles. The number of carboxylic acid groups (broad SMARTS) is 1. The molecule has 0 aromatic heterocycles. The summed E-state index contributed by atoms with van der Waals surface area (Å²) in [6.07, 6.45) is 10.8. The standard InChI is InChI=1S/C32H52O4/c1-19-11-16-32(27(34)35)18-17-30(7)22(26(32)20(19)2)9-10-24-29(6)14-13-25(36-21(3)33)28(4,5)23(29)12-15-31(24,30)8/h19-20,22-26H,9-18H2,1-8H3,(H,34,35)/t19-,20?,22?,23+,24-,25?,26?,29+,30-,31-,32?/m1/s1. The fourth-order valence-electron chi connectivity index (χ4n) is 12.1. The van der Waals surface area contributed by atoms with Crippen molar-refractivity contribution in [3.05, 3.63) is 0 Å². The molecule has 204 valence electrons. The summed E-state index contributed by atoms with van der Waals surface area (Å²) < 4.78 is 5.89. The Hall–Kier alpha value is -1.06. The third kappa shape index (κ3) is 3.23. The van der Waals surface area contributed by atoms with Crippen LogP contribution in [-0.2, 0) is 14.3 Å². The van der Waals surface area contributed by atoms with Crippen LogP contribution < -0.4 is 0 Å². The molecule has 5 saturated carbocycles. The van der Waals surface area contributed by atoms with E-state index >= 15 is 0 Å². The third-order valence-corrected chi connectivity index (χ3v) is 14.3. The molecule has 11 atom stereocenters. The van der Waals surface area contributed by atoms with Crippen LogP contribution in [-0.4, -0.2) is 23.1 Å². The fourth-order valence-corrected chi connectivity index (χ4v) is 12.1. The average molecular weight is 501 g/mol. The lowest BCUT2D eigenvalue weighted by atomic mass is 9.31. The molecule has 0 aliphatic heterocycles. The number of rotatable bonds is 2. The molecule has 0 aromatic carbocycles. The van der Waals surface area contributed by atoms with Gasteiger partial charge in [0, 0.05) is 12.3 Å². The van der Waals surface area contributed by atoms with E-state index in [4.69, 9.17) is 4.74 Å². The zero-order chi connectivity index (χ0) is 26.5. The van der Waals surface area contributed by atoms with Crippen LogP contribution >= 0.6 is 0 Å². The number of carboxylic acids is 1. The molecule has 36 heavy (non-hydrogen) atoms. The molecule has 5 aliphatic carbocycles. The van der Waals surface area contributed by atoms with Crippen molar-refractivity contribution in [3.63, 3.8) is 0 Å². The highest BCUT2D eigenvalue weighted by molar-refractivity contribution is 5.75. The number of hydrogen-bond acceptors (Lipinski definition) is 3. The van der Waals surface area contributed by atoms with Crippen LogP contribution in [0.1, 0.15) is 120 Å². The van der Waals surface area contributed by atoms with E-state index in [1.54, 1.807) is 6.92 Å². The van der Waals surface area contributed by atoms with Crippen molar-refractivity contribution in [2.75, 3.05) is 0 Å². The molecule has 0 radical (unpaired) electrons. The van der Waals surface area contributed by atoms with Gasteiger partial charge in [-0.2, -0.15) is 0 Å². The van der Waals surface area contributed by atoms with Crippen LogP contribution in [0.4, 0.5) is 0 Å². The van der Waals surface area contributed by atoms with E-state index in [9.17, 15) is 14.7 Å². The molecule has 4 heteroatoms. The Labute approximate surface area is 219 Å². The highest BCUT2D eigenvalue weighted by Crippen LogP contribution is 2.77. The molecular weight excluding hydrogens is 448 g/mol. The molecule has 0 saturated heterocycles. The van der Waals surface area contributed by atoms with Gasteiger partial charge in [-0.1, -0.05) is 48.5 Å². The van der Waals surface area contributed by atoms with E-state index in [-0.39, 0.29) is 33.7 Å².